The Balaban J connectivity index is 0.000000299. The molecule has 0 unspecified atom stereocenters. The Bertz CT molecular complexity index is 2090. The van der Waals surface area contributed by atoms with Gasteiger partial charge < -0.3 is 9.52 Å². The van der Waals surface area contributed by atoms with Gasteiger partial charge in [-0.3, -0.25) is 14.8 Å². The van der Waals surface area contributed by atoms with E-state index in [0.29, 0.717) is 5.92 Å². The molecule has 1 aliphatic rings. The van der Waals surface area contributed by atoms with Crippen molar-refractivity contribution in [2.45, 2.75) is 127 Å². The van der Waals surface area contributed by atoms with Crippen LogP contribution in [0.25, 0.3) is 44.3 Å². The van der Waals surface area contributed by atoms with Crippen LogP contribution in [0.4, 0.5) is 0 Å². The van der Waals surface area contributed by atoms with Crippen LogP contribution in [0, 0.1) is 22.8 Å². The molecule has 0 saturated carbocycles. The number of ketones is 1. The summed E-state index contributed by atoms with van der Waals surface area (Å²) < 4.78 is 6.54. The van der Waals surface area contributed by atoms with E-state index in [2.05, 4.69) is 83.3 Å². The van der Waals surface area contributed by atoms with Crippen molar-refractivity contribution in [2.75, 3.05) is 0 Å². The van der Waals surface area contributed by atoms with Gasteiger partial charge in [0.2, 0.25) is 0 Å². The molecule has 0 atom stereocenters. The molecule has 6 heteroatoms. The van der Waals surface area contributed by atoms with E-state index < -0.39 is 0 Å². The summed E-state index contributed by atoms with van der Waals surface area (Å²) >= 11 is 0. The van der Waals surface area contributed by atoms with E-state index in [1.807, 2.05) is 53.8 Å². The summed E-state index contributed by atoms with van der Waals surface area (Å²) in [5, 5.41) is 13.6. The number of rotatable bonds is 10. The third kappa shape index (κ3) is 8.71. The predicted octanol–water partition coefficient (Wildman–Crippen LogP) is 12.8. The summed E-state index contributed by atoms with van der Waals surface area (Å²) in [6.45, 7) is 23.4. The minimum Gasteiger partial charge on any atom is -0.512 e. The number of benzene rings is 2. The van der Waals surface area contributed by atoms with Gasteiger partial charge >= 0.3 is 0 Å². The summed E-state index contributed by atoms with van der Waals surface area (Å²) in [5.41, 5.74) is 8.46. The van der Waals surface area contributed by atoms with Crippen molar-refractivity contribution >= 4 is 27.5 Å². The molecule has 0 amide bonds. The van der Waals surface area contributed by atoms with Gasteiger partial charge in [-0.25, -0.2) is 0 Å². The van der Waals surface area contributed by atoms with Gasteiger partial charge in [0.1, 0.15) is 17.1 Å². The molecule has 285 valence electrons. The molecule has 5 aromatic rings. The quantitative estimate of drug-likeness (QED) is 0.0859. The van der Waals surface area contributed by atoms with Crippen molar-refractivity contribution in [3.8, 4) is 22.6 Å². The summed E-state index contributed by atoms with van der Waals surface area (Å²) in [4.78, 5) is 21.8. The third-order valence-corrected chi connectivity index (χ3v) is 11.7. The number of furan rings is 1. The number of allylic oxidation sites excluding steroid dienone is 2. The molecule has 0 fully saturated rings. The zero-order valence-corrected chi connectivity index (χ0v) is 36.2. The molecule has 0 saturated heterocycles. The Hall–Kier alpha value is -3.60. The van der Waals surface area contributed by atoms with Crippen molar-refractivity contribution in [1.82, 2.24) is 9.97 Å². The first-order chi connectivity index (χ1) is 24.6. The monoisotopic (exact) mass is 892 g/mol. The second-order valence-corrected chi connectivity index (χ2v) is 16.7. The maximum atomic E-state index is 12.2. The van der Waals surface area contributed by atoms with Crippen LogP contribution in [-0.4, -0.2) is 20.9 Å². The normalized spacial score (nSPS) is 13.3. The van der Waals surface area contributed by atoms with Crippen molar-refractivity contribution in [2.24, 2.45) is 16.7 Å². The Morgan fingerprint density at radius 1 is 0.925 bits per heavy atom. The summed E-state index contributed by atoms with van der Waals surface area (Å²) in [6, 6.07) is 18.7. The zero-order chi connectivity index (χ0) is 38.0. The summed E-state index contributed by atoms with van der Waals surface area (Å²) in [5.74, 6) is 1.84. The average Bonchev–Trinajstić information content (AvgIpc) is 3.53. The van der Waals surface area contributed by atoms with Crippen LogP contribution in [0.3, 0.4) is 0 Å². The topological polar surface area (TPSA) is 76.2 Å². The van der Waals surface area contributed by atoms with E-state index in [1.165, 1.54) is 33.7 Å². The van der Waals surface area contributed by atoms with E-state index in [9.17, 15) is 9.90 Å². The van der Waals surface area contributed by atoms with Gasteiger partial charge in [-0.2, -0.15) is 0 Å². The molecule has 1 radical (unpaired) electrons. The molecule has 6 rings (SSSR count). The Kier molecular flexibility index (Phi) is 13.4. The largest absolute Gasteiger partial charge is 0.512 e. The fourth-order valence-corrected chi connectivity index (χ4v) is 7.15. The molecular formula is C47H59IrN2O3-. The van der Waals surface area contributed by atoms with Crippen LogP contribution in [0.2, 0.25) is 0 Å². The minimum absolute atomic E-state index is 0. The van der Waals surface area contributed by atoms with Crippen LogP contribution < -0.4 is 0 Å². The first-order valence-electron chi connectivity index (χ1n) is 19.4. The average molecular weight is 892 g/mol. The standard InChI is InChI=1S/C32H31N2O.C15H28O2.Ir/c1-19(2)14-23-17-26-21(18-34-23)10-11-25-29-28(35-31(25)26)12-13-33-30(29)22-15-20-8-6-7-9-24(20)27(16-22)32(3,4)5;1-7-14(5,8-2)12(16)11-13(17)15(6,9-3)10-4;/h6-9,12-13,16-19H,10-11,14H2,1-5H3;11,16H,7-10H2,1-6H3;/q-1;;/b;12-11-;. The molecule has 1 N–H and O–H groups in total. The van der Waals surface area contributed by atoms with Crippen molar-refractivity contribution in [3.05, 3.63) is 95.1 Å². The minimum atomic E-state index is -0.337. The van der Waals surface area contributed by atoms with Gasteiger partial charge in [0.15, 0.2) is 5.78 Å². The summed E-state index contributed by atoms with van der Waals surface area (Å²) in [6.07, 6.45) is 11.5. The Morgan fingerprint density at radius 3 is 2.21 bits per heavy atom. The number of carbonyl (C=O) groups excluding carboxylic acids is 1. The van der Waals surface area contributed by atoms with E-state index in [0.717, 1.165) is 84.0 Å². The van der Waals surface area contributed by atoms with Crippen LogP contribution in [0.15, 0.2) is 71.1 Å². The van der Waals surface area contributed by atoms with Crippen molar-refractivity contribution in [3.63, 3.8) is 0 Å². The molecular weight excluding hydrogens is 833 g/mol. The fraction of sp³-hybridized carbons (Fsp3) is 0.468. The zero-order valence-electron chi connectivity index (χ0n) is 33.8. The molecule has 3 aromatic heterocycles. The van der Waals surface area contributed by atoms with E-state index >= 15 is 0 Å². The van der Waals surface area contributed by atoms with Crippen LogP contribution in [-0.2, 0) is 49.6 Å². The molecule has 5 nitrogen and oxygen atoms in total. The number of aromatic nitrogens is 2. The molecule has 0 spiro atoms. The van der Waals surface area contributed by atoms with Gasteiger partial charge in [-0.15, -0.1) is 29.1 Å². The maximum absolute atomic E-state index is 12.2. The van der Waals surface area contributed by atoms with Crippen molar-refractivity contribution in [1.29, 1.82) is 0 Å². The van der Waals surface area contributed by atoms with Crippen LogP contribution in [0.1, 0.15) is 124 Å². The number of pyridine rings is 2. The second kappa shape index (κ2) is 16.8. The number of hydrogen-bond acceptors (Lipinski definition) is 5. The van der Waals surface area contributed by atoms with E-state index in [4.69, 9.17) is 14.4 Å². The summed E-state index contributed by atoms with van der Waals surface area (Å²) in [7, 11) is 0. The molecule has 1 aliphatic carbocycles. The van der Waals surface area contributed by atoms with Crippen LogP contribution in [0.5, 0.6) is 0 Å². The molecule has 2 aromatic carbocycles. The van der Waals surface area contributed by atoms with E-state index in [-0.39, 0.29) is 47.9 Å². The number of aliphatic hydroxyl groups is 1. The molecule has 0 bridgehead atoms. The van der Waals surface area contributed by atoms with E-state index in [1.54, 1.807) is 0 Å². The van der Waals surface area contributed by atoms with Gasteiger partial charge in [0.05, 0.1) is 0 Å². The number of fused-ring (bicyclic) bond motifs is 6. The fourth-order valence-electron chi connectivity index (χ4n) is 7.15. The van der Waals surface area contributed by atoms with Gasteiger partial charge in [-0.1, -0.05) is 105 Å². The smallest absolute Gasteiger partial charge is 0.164 e. The van der Waals surface area contributed by atoms with Gasteiger partial charge in [0, 0.05) is 77.3 Å². The number of hydrogen-bond donors (Lipinski definition) is 1. The number of aliphatic hydroxyl groups excluding tert-OH is 1. The first-order valence-corrected chi connectivity index (χ1v) is 19.4. The first kappa shape index (κ1) is 42.1. The Morgan fingerprint density at radius 2 is 1.58 bits per heavy atom. The maximum Gasteiger partial charge on any atom is 0.164 e. The third-order valence-electron chi connectivity index (χ3n) is 11.7. The molecule has 53 heavy (non-hydrogen) atoms. The predicted molar refractivity (Wildman–Crippen MR) is 217 cm³/mol. The van der Waals surface area contributed by atoms with Crippen LogP contribution >= 0.6 is 0 Å². The molecule has 0 aliphatic heterocycles. The number of aryl methyl sites for hydroxylation is 2. The number of carbonyl (C=O) groups is 1. The van der Waals surface area contributed by atoms with Gasteiger partial charge in [-0.05, 0) is 74.0 Å². The SMILES string of the molecule is CC(C)Cc1cc2c(cn1)CCc1c-2oc2ccnc(-c3[c-]c4ccccc4c(C(C)(C)C)c3)c12.CCC(C)(CC)C(=O)/C=C(\O)C(C)(CC)CC.[Ir]. The molecule has 3 heterocycles. The number of nitrogens with zero attached hydrogens (tertiary/aromatic N) is 2. The van der Waals surface area contributed by atoms with Gasteiger partial charge in [0.25, 0.3) is 0 Å². The second-order valence-electron chi connectivity index (χ2n) is 16.7. The Labute approximate surface area is 331 Å². The van der Waals surface area contributed by atoms with Crippen molar-refractivity contribution < 1.29 is 34.4 Å².